The largest absolute Gasteiger partial charge is 0.348 e. The van der Waals surface area contributed by atoms with Crippen LogP contribution in [0.4, 0.5) is 4.39 Å². The van der Waals surface area contributed by atoms with E-state index in [-0.39, 0.29) is 12.1 Å². The minimum absolute atomic E-state index is 0.0482. The highest BCUT2D eigenvalue weighted by Crippen LogP contribution is 2.15. The van der Waals surface area contributed by atoms with Gasteiger partial charge < -0.3 is 5.32 Å². The summed E-state index contributed by atoms with van der Waals surface area (Å²) in [6, 6.07) is 11.6. The molecule has 2 nitrogen and oxygen atoms in total. The number of aryl methyl sites for hydroxylation is 1. The number of hydrogen-bond donors (Lipinski definition) is 1. The highest BCUT2D eigenvalue weighted by Gasteiger charge is 2.11. The lowest BCUT2D eigenvalue weighted by atomic mass is 10.1. The Hall–Kier alpha value is -1.87. The molecule has 0 fully saturated rings. The molecule has 2 aromatic carbocycles. The molecular weight excluding hydrogens is 265 g/mol. The summed E-state index contributed by atoms with van der Waals surface area (Å²) >= 11 is 5.98. The molecule has 0 spiro atoms. The summed E-state index contributed by atoms with van der Waals surface area (Å²) in [7, 11) is 0. The lowest BCUT2D eigenvalue weighted by Gasteiger charge is -2.08. The van der Waals surface area contributed by atoms with Crippen LogP contribution in [0.2, 0.25) is 5.02 Å². The Morgan fingerprint density at radius 2 is 2.00 bits per heavy atom. The number of hydrogen-bond acceptors (Lipinski definition) is 1. The minimum Gasteiger partial charge on any atom is -0.348 e. The van der Waals surface area contributed by atoms with Crippen LogP contribution in [-0.4, -0.2) is 5.91 Å². The monoisotopic (exact) mass is 277 g/mol. The summed E-state index contributed by atoms with van der Waals surface area (Å²) in [5, 5.41) is 3.24. The molecule has 0 unspecified atom stereocenters. The molecule has 1 N–H and O–H groups in total. The predicted octanol–water partition coefficient (Wildman–Crippen LogP) is 3.72. The summed E-state index contributed by atoms with van der Waals surface area (Å²) < 4.78 is 13.5. The number of halogens is 2. The summed E-state index contributed by atoms with van der Waals surface area (Å²) in [5.41, 5.74) is 1.68. The smallest absolute Gasteiger partial charge is 0.254 e. The molecule has 0 radical (unpaired) electrons. The van der Waals surface area contributed by atoms with E-state index in [1.54, 1.807) is 12.1 Å². The van der Waals surface area contributed by atoms with Gasteiger partial charge in [0.05, 0.1) is 5.56 Å². The van der Waals surface area contributed by atoms with Gasteiger partial charge in [-0.2, -0.15) is 0 Å². The molecule has 1 amide bonds. The molecule has 0 aromatic heterocycles. The first-order valence-electron chi connectivity index (χ1n) is 5.85. The van der Waals surface area contributed by atoms with E-state index in [4.69, 9.17) is 11.6 Å². The zero-order chi connectivity index (χ0) is 13.8. The van der Waals surface area contributed by atoms with Gasteiger partial charge in [0, 0.05) is 11.6 Å². The topological polar surface area (TPSA) is 29.1 Å². The molecule has 0 aliphatic carbocycles. The quantitative estimate of drug-likeness (QED) is 0.910. The van der Waals surface area contributed by atoms with Crippen LogP contribution in [0, 0.1) is 12.7 Å². The fourth-order valence-corrected chi connectivity index (χ4v) is 1.93. The van der Waals surface area contributed by atoms with Crippen LogP contribution in [0.25, 0.3) is 0 Å². The third-order valence-electron chi connectivity index (χ3n) is 2.76. The molecule has 0 saturated heterocycles. The number of nitrogens with one attached hydrogen (secondary N) is 1. The SMILES string of the molecule is Cc1ccc(F)c(C(=O)NCc2ccccc2Cl)c1. The second kappa shape index (κ2) is 5.85. The molecular formula is C15H13ClFNO. The highest BCUT2D eigenvalue weighted by molar-refractivity contribution is 6.31. The summed E-state index contributed by atoms with van der Waals surface area (Å²) in [6.07, 6.45) is 0. The maximum absolute atomic E-state index is 13.5. The molecule has 19 heavy (non-hydrogen) atoms. The minimum atomic E-state index is -0.526. The Balaban J connectivity index is 2.10. The van der Waals surface area contributed by atoms with Gasteiger partial charge in [-0.25, -0.2) is 4.39 Å². The number of rotatable bonds is 3. The molecule has 0 aliphatic heterocycles. The van der Waals surface area contributed by atoms with Crippen molar-refractivity contribution >= 4 is 17.5 Å². The van der Waals surface area contributed by atoms with Crippen LogP contribution in [0.1, 0.15) is 21.5 Å². The van der Waals surface area contributed by atoms with Gasteiger partial charge in [0.15, 0.2) is 0 Å². The summed E-state index contributed by atoms with van der Waals surface area (Å²) in [5.74, 6) is -0.969. The van der Waals surface area contributed by atoms with Crippen LogP contribution in [0.3, 0.4) is 0 Å². The van der Waals surface area contributed by atoms with Crippen molar-refractivity contribution in [3.8, 4) is 0 Å². The molecule has 0 bridgehead atoms. The van der Waals surface area contributed by atoms with Crippen LogP contribution < -0.4 is 5.32 Å². The molecule has 0 saturated carbocycles. The van der Waals surface area contributed by atoms with Gasteiger partial charge in [0.2, 0.25) is 0 Å². The number of benzene rings is 2. The van der Waals surface area contributed by atoms with Crippen molar-refractivity contribution in [3.63, 3.8) is 0 Å². The highest BCUT2D eigenvalue weighted by atomic mass is 35.5. The fraction of sp³-hybridized carbons (Fsp3) is 0.133. The Kier molecular flexibility index (Phi) is 4.17. The maximum atomic E-state index is 13.5. The number of amides is 1. The molecule has 0 heterocycles. The molecule has 4 heteroatoms. The second-order valence-electron chi connectivity index (χ2n) is 4.26. The van der Waals surface area contributed by atoms with Gasteiger partial charge in [-0.05, 0) is 30.7 Å². The third-order valence-corrected chi connectivity index (χ3v) is 3.13. The zero-order valence-electron chi connectivity index (χ0n) is 10.4. The normalized spacial score (nSPS) is 10.3. The third kappa shape index (κ3) is 3.32. The van der Waals surface area contributed by atoms with E-state index in [9.17, 15) is 9.18 Å². The average molecular weight is 278 g/mol. The Bertz CT molecular complexity index is 613. The van der Waals surface area contributed by atoms with Crippen LogP contribution in [0.5, 0.6) is 0 Å². The lowest BCUT2D eigenvalue weighted by Crippen LogP contribution is -2.24. The molecule has 2 aromatic rings. The molecule has 0 atom stereocenters. The van der Waals surface area contributed by atoms with Crippen LogP contribution in [-0.2, 0) is 6.54 Å². The van der Waals surface area contributed by atoms with Crippen molar-refractivity contribution in [1.29, 1.82) is 0 Å². The summed E-state index contributed by atoms with van der Waals surface area (Å²) in [6.45, 7) is 2.08. The van der Waals surface area contributed by atoms with Crippen molar-refractivity contribution in [3.05, 3.63) is 70.0 Å². The van der Waals surface area contributed by atoms with Crippen molar-refractivity contribution in [2.75, 3.05) is 0 Å². The van der Waals surface area contributed by atoms with Gasteiger partial charge in [0.25, 0.3) is 5.91 Å². The summed E-state index contributed by atoms with van der Waals surface area (Å²) in [4.78, 5) is 11.9. The van der Waals surface area contributed by atoms with Crippen LogP contribution >= 0.6 is 11.6 Å². The Morgan fingerprint density at radius 3 is 2.74 bits per heavy atom. The predicted molar refractivity (Wildman–Crippen MR) is 73.8 cm³/mol. The first-order chi connectivity index (χ1) is 9.08. The fourth-order valence-electron chi connectivity index (χ4n) is 1.73. The second-order valence-corrected chi connectivity index (χ2v) is 4.66. The van der Waals surface area contributed by atoms with Gasteiger partial charge in [0.1, 0.15) is 5.82 Å². The van der Waals surface area contributed by atoms with E-state index < -0.39 is 11.7 Å². The van der Waals surface area contributed by atoms with Crippen molar-refractivity contribution in [1.82, 2.24) is 5.32 Å². The van der Waals surface area contributed by atoms with Crippen molar-refractivity contribution < 1.29 is 9.18 Å². The van der Waals surface area contributed by atoms with Gasteiger partial charge in [-0.1, -0.05) is 41.4 Å². The first-order valence-corrected chi connectivity index (χ1v) is 6.23. The van der Waals surface area contributed by atoms with Gasteiger partial charge >= 0.3 is 0 Å². The van der Waals surface area contributed by atoms with E-state index in [1.165, 1.54) is 12.1 Å². The van der Waals surface area contributed by atoms with E-state index in [1.807, 2.05) is 25.1 Å². The van der Waals surface area contributed by atoms with Crippen molar-refractivity contribution in [2.24, 2.45) is 0 Å². The molecule has 0 aliphatic rings. The van der Waals surface area contributed by atoms with E-state index in [0.717, 1.165) is 11.1 Å². The van der Waals surface area contributed by atoms with E-state index >= 15 is 0 Å². The molecule has 2 rings (SSSR count). The lowest BCUT2D eigenvalue weighted by molar-refractivity contribution is 0.0947. The number of carbonyl (C=O) groups is 1. The van der Waals surface area contributed by atoms with Gasteiger partial charge in [-0.3, -0.25) is 4.79 Å². The number of carbonyl (C=O) groups excluding carboxylic acids is 1. The standard InChI is InChI=1S/C15H13ClFNO/c1-10-6-7-14(17)12(8-10)15(19)18-9-11-4-2-3-5-13(11)16/h2-8H,9H2,1H3,(H,18,19). The average Bonchev–Trinajstić information content (AvgIpc) is 2.40. The van der Waals surface area contributed by atoms with E-state index in [2.05, 4.69) is 5.32 Å². The zero-order valence-corrected chi connectivity index (χ0v) is 11.2. The Labute approximate surface area is 116 Å². The van der Waals surface area contributed by atoms with Crippen LogP contribution in [0.15, 0.2) is 42.5 Å². The molecule has 98 valence electrons. The van der Waals surface area contributed by atoms with Crippen molar-refractivity contribution in [2.45, 2.75) is 13.5 Å². The first kappa shape index (κ1) is 13.6. The van der Waals surface area contributed by atoms with Gasteiger partial charge in [-0.15, -0.1) is 0 Å². The Morgan fingerprint density at radius 1 is 1.26 bits per heavy atom. The van der Waals surface area contributed by atoms with E-state index in [0.29, 0.717) is 5.02 Å². The maximum Gasteiger partial charge on any atom is 0.254 e.